The highest BCUT2D eigenvalue weighted by Gasteiger charge is 2.20. The van der Waals surface area contributed by atoms with E-state index < -0.39 is 0 Å². The standard InChI is InChI=1S/C21H28N4O/c1-14-11-15(2)19(16(3)12-14)24-21-22-17(4)13-18(23-21)20(26)25-9-7-5-6-8-10-25/h11-13H,5-10H2,1-4H3,(H,22,23,24). The van der Waals surface area contributed by atoms with Crippen LogP contribution in [0, 0.1) is 27.7 Å². The molecule has 1 N–H and O–H groups in total. The van der Waals surface area contributed by atoms with Crippen LogP contribution in [0.2, 0.25) is 0 Å². The lowest BCUT2D eigenvalue weighted by Gasteiger charge is -2.20. The molecule has 0 spiro atoms. The van der Waals surface area contributed by atoms with E-state index in [1.807, 2.05) is 11.8 Å². The van der Waals surface area contributed by atoms with E-state index in [0.29, 0.717) is 11.6 Å². The number of rotatable bonds is 3. The molecule has 1 amide bonds. The summed E-state index contributed by atoms with van der Waals surface area (Å²) < 4.78 is 0. The Morgan fingerprint density at radius 1 is 0.923 bits per heavy atom. The maximum absolute atomic E-state index is 12.9. The summed E-state index contributed by atoms with van der Waals surface area (Å²) in [5, 5.41) is 3.33. The Morgan fingerprint density at radius 2 is 1.54 bits per heavy atom. The molecule has 1 aliphatic rings. The Hall–Kier alpha value is -2.43. The predicted octanol–water partition coefficient (Wildman–Crippen LogP) is 4.47. The molecule has 26 heavy (non-hydrogen) atoms. The SMILES string of the molecule is Cc1cc(C)c(Nc2nc(C)cc(C(=O)N3CCCCCC3)n2)c(C)c1. The summed E-state index contributed by atoms with van der Waals surface area (Å²) >= 11 is 0. The molecule has 5 nitrogen and oxygen atoms in total. The van der Waals surface area contributed by atoms with Crippen LogP contribution < -0.4 is 5.32 Å². The summed E-state index contributed by atoms with van der Waals surface area (Å²) in [5.41, 5.74) is 5.80. The number of nitrogens with one attached hydrogen (secondary N) is 1. The molecule has 0 atom stereocenters. The average Bonchev–Trinajstić information content (AvgIpc) is 2.86. The molecule has 2 aromatic rings. The first-order valence-electron chi connectivity index (χ1n) is 9.44. The Morgan fingerprint density at radius 3 is 2.15 bits per heavy atom. The van der Waals surface area contributed by atoms with Gasteiger partial charge in [-0.3, -0.25) is 4.79 Å². The number of benzene rings is 1. The molecule has 5 heteroatoms. The van der Waals surface area contributed by atoms with Gasteiger partial charge in [-0.15, -0.1) is 0 Å². The number of likely N-dealkylation sites (tertiary alicyclic amines) is 1. The lowest BCUT2D eigenvalue weighted by molar-refractivity contribution is 0.0755. The summed E-state index contributed by atoms with van der Waals surface area (Å²) in [6.45, 7) is 9.77. The van der Waals surface area contributed by atoms with Crippen molar-refractivity contribution < 1.29 is 4.79 Å². The van der Waals surface area contributed by atoms with E-state index >= 15 is 0 Å². The monoisotopic (exact) mass is 352 g/mol. The highest BCUT2D eigenvalue weighted by atomic mass is 16.2. The van der Waals surface area contributed by atoms with Crippen molar-refractivity contribution >= 4 is 17.5 Å². The van der Waals surface area contributed by atoms with Crippen LogP contribution in [0.25, 0.3) is 0 Å². The number of amides is 1. The van der Waals surface area contributed by atoms with Gasteiger partial charge in [-0.05, 0) is 57.7 Å². The van der Waals surface area contributed by atoms with Crippen molar-refractivity contribution in [2.24, 2.45) is 0 Å². The first-order valence-corrected chi connectivity index (χ1v) is 9.44. The first kappa shape index (κ1) is 18.4. The van der Waals surface area contributed by atoms with Gasteiger partial charge < -0.3 is 10.2 Å². The number of carbonyl (C=O) groups excluding carboxylic acids is 1. The number of hydrogen-bond donors (Lipinski definition) is 1. The minimum absolute atomic E-state index is 0.0119. The van der Waals surface area contributed by atoms with Gasteiger partial charge in [0.15, 0.2) is 0 Å². The zero-order valence-electron chi connectivity index (χ0n) is 16.2. The Kier molecular flexibility index (Phi) is 5.55. The van der Waals surface area contributed by atoms with Crippen LogP contribution in [0.15, 0.2) is 18.2 Å². The van der Waals surface area contributed by atoms with E-state index in [4.69, 9.17) is 0 Å². The van der Waals surface area contributed by atoms with Crippen molar-refractivity contribution in [2.45, 2.75) is 53.4 Å². The van der Waals surface area contributed by atoms with Crippen molar-refractivity contribution in [2.75, 3.05) is 18.4 Å². The number of aryl methyl sites for hydroxylation is 4. The van der Waals surface area contributed by atoms with Gasteiger partial charge in [0.25, 0.3) is 5.91 Å². The Bertz CT molecular complexity index is 785. The summed E-state index contributed by atoms with van der Waals surface area (Å²) in [6, 6.07) is 6.05. The maximum Gasteiger partial charge on any atom is 0.272 e. The van der Waals surface area contributed by atoms with Crippen molar-refractivity contribution in [1.82, 2.24) is 14.9 Å². The van der Waals surface area contributed by atoms with E-state index in [0.717, 1.165) is 48.4 Å². The van der Waals surface area contributed by atoms with Gasteiger partial charge in [0.1, 0.15) is 5.69 Å². The second-order valence-corrected chi connectivity index (χ2v) is 7.32. The van der Waals surface area contributed by atoms with Crippen LogP contribution in [0.1, 0.15) is 58.6 Å². The Balaban J connectivity index is 1.87. The third kappa shape index (κ3) is 4.21. The van der Waals surface area contributed by atoms with Crippen LogP contribution in [0.5, 0.6) is 0 Å². The van der Waals surface area contributed by atoms with Gasteiger partial charge in [0.2, 0.25) is 5.95 Å². The maximum atomic E-state index is 12.9. The van der Waals surface area contributed by atoms with Gasteiger partial charge in [0.05, 0.1) is 0 Å². The smallest absolute Gasteiger partial charge is 0.272 e. The molecule has 138 valence electrons. The number of carbonyl (C=O) groups is 1. The first-order chi connectivity index (χ1) is 12.4. The topological polar surface area (TPSA) is 58.1 Å². The van der Waals surface area contributed by atoms with Gasteiger partial charge in [-0.1, -0.05) is 30.5 Å². The molecule has 1 aromatic carbocycles. The summed E-state index contributed by atoms with van der Waals surface area (Å²) in [5.74, 6) is 0.496. The lowest BCUT2D eigenvalue weighted by Crippen LogP contribution is -2.32. The number of hydrogen-bond acceptors (Lipinski definition) is 4. The Labute approximate surface area is 155 Å². The molecular weight excluding hydrogens is 324 g/mol. The summed E-state index contributed by atoms with van der Waals surface area (Å²) in [4.78, 5) is 23.8. The zero-order chi connectivity index (χ0) is 18.7. The molecule has 0 unspecified atom stereocenters. The number of anilines is 2. The van der Waals surface area contributed by atoms with Crippen molar-refractivity contribution in [1.29, 1.82) is 0 Å². The van der Waals surface area contributed by atoms with Gasteiger partial charge in [-0.2, -0.15) is 0 Å². The molecule has 3 rings (SSSR count). The van der Waals surface area contributed by atoms with Crippen molar-refractivity contribution in [3.63, 3.8) is 0 Å². The lowest BCUT2D eigenvalue weighted by atomic mass is 10.1. The van der Waals surface area contributed by atoms with E-state index in [2.05, 4.69) is 48.2 Å². The molecule has 1 fully saturated rings. The van der Waals surface area contributed by atoms with Crippen LogP contribution in [-0.4, -0.2) is 33.9 Å². The van der Waals surface area contributed by atoms with Gasteiger partial charge >= 0.3 is 0 Å². The van der Waals surface area contributed by atoms with Crippen molar-refractivity contribution in [3.8, 4) is 0 Å². The van der Waals surface area contributed by atoms with E-state index in [1.165, 1.54) is 18.4 Å². The number of aromatic nitrogens is 2. The minimum atomic E-state index is 0.0119. The van der Waals surface area contributed by atoms with E-state index in [9.17, 15) is 4.79 Å². The molecule has 0 radical (unpaired) electrons. The highest BCUT2D eigenvalue weighted by Crippen LogP contribution is 2.25. The minimum Gasteiger partial charge on any atom is -0.337 e. The molecule has 1 aromatic heterocycles. The van der Waals surface area contributed by atoms with Crippen LogP contribution in [0.3, 0.4) is 0 Å². The largest absolute Gasteiger partial charge is 0.337 e. The highest BCUT2D eigenvalue weighted by molar-refractivity contribution is 5.92. The fraction of sp³-hybridized carbons (Fsp3) is 0.476. The second kappa shape index (κ2) is 7.85. The summed E-state index contributed by atoms with van der Waals surface area (Å²) in [7, 11) is 0. The van der Waals surface area contributed by atoms with Gasteiger partial charge in [-0.25, -0.2) is 9.97 Å². The quantitative estimate of drug-likeness (QED) is 0.885. The number of nitrogens with zero attached hydrogens (tertiary/aromatic N) is 3. The predicted molar refractivity (Wildman–Crippen MR) is 105 cm³/mol. The summed E-state index contributed by atoms with van der Waals surface area (Å²) in [6.07, 6.45) is 4.54. The fourth-order valence-corrected chi connectivity index (χ4v) is 3.66. The van der Waals surface area contributed by atoms with E-state index in [1.54, 1.807) is 6.07 Å². The molecular formula is C21H28N4O. The van der Waals surface area contributed by atoms with Gasteiger partial charge in [0, 0.05) is 24.5 Å². The van der Waals surface area contributed by atoms with E-state index in [-0.39, 0.29) is 5.91 Å². The third-order valence-electron chi connectivity index (χ3n) is 4.88. The molecule has 1 saturated heterocycles. The molecule has 0 saturated carbocycles. The zero-order valence-corrected chi connectivity index (χ0v) is 16.2. The molecule has 1 aliphatic heterocycles. The average molecular weight is 352 g/mol. The van der Waals surface area contributed by atoms with Crippen LogP contribution in [0.4, 0.5) is 11.6 Å². The fourth-order valence-electron chi connectivity index (χ4n) is 3.66. The third-order valence-corrected chi connectivity index (χ3v) is 4.88. The molecule has 0 aliphatic carbocycles. The van der Waals surface area contributed by atoms with Crippen LogP contribution in [-0.2, 0) is 0 Å². The van der Waals surface area contributed by atoms with Crippen LogP contribution >= 0.6 is 0 Å². The second-order valence-electron chi connectivity index (χ2n) is 7.32. The van der Waals surface area contributed by atoms with Crippen molar-refractivity contribution in [3.05, 3.63) is 46.3 Å². The molecule has 2 heterocycles. The normalized spacial score (nSPS) is 14.8. The molecule has 0 bridgehead atoms.